The molecule has 4 heteroatoms. The first-order valence-corrected chi connectivity index (χ1v) is 5.04. The van der Waals surface area contributed by atoms with Crippen LogP contribution in [0.3, 0.4) is 0 Å². The van der Waals surface area contributed by atoms with Gasteiger partial charge in [-0.15, -0.1) is 0 Å². The Labute approximate surface area is 85.9 Å². The topological polar surface area (TPSA) is 33.1 Å². The molecular formula is C10H20N4. The quantitative estimate of drug-likeness (QED) is 0.701. The van der Waals surface area contributed by atoms with Gasteiger partial charge in [-0.25, -0.2) is 0 Å². The van der Waals surface area contributed by atoms with Gasteiger partial charge in [0.15, 0.2) is 0 Å². The Kier molecular flexibility index (Phi) is 4.62. The minimum absolute atomic E-state index is 1.04. The van der Waals surface area contributed by atoms with Crippen LogP contribution in [-0.2, 0) is 13.5 Å². The summed E-state index contributed by atoms with van der Waals surface area (Å²) in [6.07, 6.45) is 2.92. The van der Waals surface area contributed by atoms with Crippen molar-refractivity contribution in [1.82, 2.24) is 20.0 Å². The van der Waals surface area contributed by atoms with Gasteiger partial charge in [-0.3, -0.25) is 4.68 Å². The first-order valence-electron chi connectivity index (χ1n) is 5.04. The molecule has 1 heterocycles. The van der Waals surface area contributed by atoms with Gasteiger partial charge in [-0.2, -0.15) is 5.10 Å². The zero-order valence-corrected chi connectivity index (χ0v) is 9.32. The molecule has 0 unspecified atom stereocenters. The van der Waals surface area contributed by atoms with E-state index in [-0.39, 0.29) is 0 Å². The maximum atomic E-state index is 4.14. The van der Waals surface area contributed by atoms with Gasteiger partial charge in [0.2, 0.25) is 0 Å². The van der Waals surface area contributed by atoms with Gasteiger partial charge in [0.25, 0.3) is 0 Å². The van der Waals surface area contributed by atoms with E-state index in [1.807, 2.05) is 25.0 Å². The summed E-state index contributed by atoms with van der Waals surface area (Å²) in [7, 11) is 6.12. The van der Waals surface area contributed by atoms with Crippen LogP contribution in [0.15, 0.2) is 12.3 Å². The van der Waals surface area contributed by atoms with E-state index >= 15 is 0 Å². The predicted octanol–water partition coefficient (Wildman–Crippen LogP) is 0.114. The Hall–Kier alpha value is -0.870. The highest BCUT2D eigenvalue weighted by atomic mass is 15.3. The van der Waals surface area contributed by atoms with Crippen LogP contribution in [0.5, 0.6) is 0 Å². The standard InChI is InChI=1S/C10H20N4/c1-11-7-9-13(2)8-5-10-4-6-12-14(10)3/h4,6,11H,5,7-9H2,1-3H3. The zero-order valence-electron chi connectivity index (χ0n) is 9.32. The number of hydrogen-bond acceptors (Lipinski definition) is 3. The fourth-order valence-corrected chi connectivity index (χ4v) is 1.37. The molecule has 14 heavy (non-hydrogen) atoms. The van der Waals surface area contributed by atoms with Crippen molar-refractivity contribution < 1.29 is 0 Å². The van der Waals surface area contributed by atoms with E-state index in [4.69, 9.17) is 0 Å². The second-order valence-electron chi connectivity index (χ2n) is 3.60. The Morgan fingerprint density at radius 2 is 2.29 bits per heavy atom. The Balaban J connectivity index is 2.23. The number of aromatic nitrogens is 2. The van der Waals surface area contributed by atoms with Crippen LogP contribution in [-0.4, -0.2) is 48.4 Å². The van der Waals surface area contributed by atoms with E-state index in [9.17, 15) is 0 Å². The van der Waals surface area contributed by atoms with Crippen LogP contribution in [0.4, 0.5) is 0 Å². The second-order valence-corrected chi connectivity index (χ2v) is 3.60. The van der Waals surface area contributed by atoms with Crippen molar-refractivity contribution in [2.24, 2.45) is 7.05 Å². The highest BCUT2D eigenvalue weighted by Gasteiger charge is 2.01. The van der Waals surface area contributed by atoms with E-state index in [1.165, 1.54) is 5.69 Å². The summed E-state index contributed by atoms with van der Waals surface area (Å²) in [5.74, 6) is 0. The monoisotopic (exact) mass is 196 g/mol. The number of hydrogen-bond donors (Lipinski definition) is 1. The SMILES string of the molecule is CNCCN(C)CCc1ccnn1C. The molecule has 1 aromatic rings. The van der Waals surface area contributed by atoms with Crippen LogP contribution in [0.25, 0.3) is 0 Å². The lowest BCUT2D eigenvalue weighted by Gasteiger charge is -2.15. The average Bonchev–Trinajstić information content (AvgIpc) is 2.58. The van der Waals surface area contributed by atoms with Gasteiger partial charge in [0.05, 0.1) is 0 Å². The molecule has 0 aromatic carbocycles. The summed E-state index contributed by atoms with van der Waals surface area (Å²) in [6.45, 7) is 3.22. The average molecular weight is 196 g/mol. The maximum Gasteiger partial charge on any atom is 0.0492 e. The number of rotatable bonds is 6. The second kappa shape index (κ2) is 5.78. The first kappa shape index (κ1) is 11.2. The summed E-state index contributed by atoms with van der Waals surface area (Å²) in [4.78, 5) is 2.32. The Bertz CT molecular complexity index is 256. The smallest absolute Gasteiger partial charge is 0.0492 e. The maximum absolute atomic E-state index is 4.14. The van der Waals surface area contributed by atoms with Crippen molar-refractivity contribution in [3.63, 3.8) is 0 Å². The van der Waals surface area contributed by atoms with Gasteiger partial charge >= 0.3 is 0 Å². The summed E-state index contributed by atoms with van der Waals surface area (Å²) in [5.41, 5.74) is 1.29. The van der Waals surface area contributed by atoms with Crippen molar-refractivity contribution in [2.75, 3.05) is 33.7 Å². The van der Waals surface area contributed by atoms with Crippen molar-refractivity contribution in [1.29, 1.82) is 0 Å². The molecule has 0 bridgehead atoms. The van der Waals surface area contributed by atoms with Crippen molar-refractivity contribution in [2.45, 2.75) is 6.42 Å². The summed E-state index contributed by atoms with van der Waals surface area (Å²) in [5, 5.41) is 7.29. The molecule has 1 aromatic heterocycles. The van der Waals surface area contributed by atoms with Gasteiger partial charge < -0.3 is 10.2 Å². The summed E-state index contributed by atoms with van der Waals surface area (Å²) in [6, 6.07) is 2.08. The molecule has 1 rings (SSSR count). The molecule has 0 fully saturated rings. The van der Waals surface area contributed by atoms with Crippen molar-refractivity contribution in [3.8, 4) is 0 Å². The minimum atomic E-state index is 1.04. The molecular weight excluding hydrogens is 176 g/mol. The van der Waals surface area contributed by atoms with Crippen molar-refractivity contribution in [3.05, 3.63) is 18.0 Å². The number of aryl methyl sites for hydroxylation is 1. The predicted molar refractivity (Wildman–Crippen MR) is 58.3 cm³/mol. The third-order valence-electron chi connectivity index (χ3n) is 2.42. The highest BCUT2D eigenvalue weighted by molar-refractivity contribution is 5.00. The van der Waals surface area contributed by atoms with Gasteiger partial charge in [0.1, 0.15) is 0 Å². The lowest BCUT2D eigenvalue weighted by atomic mass is 10.3. The van der Waals surface area contributed by atoms with Crippen LogP contribution in [0.2, 0.25) is 0 Å². The van der Waals surface area contributed by atoms with Crippen LogP contribution >= 0.6 is 0 Å². The van der Waals surface area contributed by atoms with Crippen molar-refractivity contribution >= 4 is 0 Å². The van der Waals surface area contributed by atoms with Crippen LogP contribution in [0, 0.1) is 0 Å². The Morgan fingerprint density at radius 3 is 2.86 bits per heavy atom. The fraction of sp³-hybridized carbons (Fsp3) is 0.700. The Morgan fingerprint density at radius 1 is 1.50 bits per heavy atom. The lowest BCUT2D eigenvalue weighted by molar-refractivity contribution is 0.336. The van der Waals surface area contributed by atoms with E-state index < -0.39 is 0 Å². The molecule has 0 atom stereocenters. The molecule has 0 aliphatic heterocycles. The lowest BCUT2D eigenvalue weighted by Crippen LogP contribution is -2.29. The third-order valence-corrected chi connectivity index (χ3v) is 2.42. The molecule has 1 N–H and O–H groups in total. The molecule has 0 radical (unpaired) electrons. The molecule has 0 saturated heterocycles. The summed E-state index contributed by atoms with van der Waals surface area (Å²) >= 11 is 0. The van der Waals surface area contributed by atoms with E-state index in [0.29, 0.717) is 0 Å². The van der Waals surface area contributed by atoms with E-state index in [1.54, 1.807) is 0 Å². The molecule has 0 aliphatic carbocycles. The zero-order chi connectivity index (χ0) is 10.4. The summed E-state index contributed by atoms with van der Waals surface area (Å²) < 4.78 is 1.94. The normalized spacial score (nSPS) is 11.1. The molecule has 0 spiro atoms. The van der Waals surface area contributed by atoms with E-state index in [0.717, 1.165) is 26.1 Å². The van der Waals surface area contributed by atoms with Crippen LogP contribution < -0.4 is 5.32 Å². The molecule has 0 saturated carbocycles. The largest absolute Gasteiger partial charge is 0.318 e. The number of nitrogens with one attached hydrogen (secondary N) is 1. The van der Waals surface area contributed by atoms with Gasteiger partial charge in [-0.1, -0.05) is 0 Å². The third kappa shape index (κ3) is 3.47. The molecule has 4 nitrogen and oxygen atoms in total. The highest BCUT2D eigenvalue weighted by Crippen LogP contribution is 1.98. The number of nitrogens with zero attached hydrogens (tertiary/aromatic N) is 3. The first-order chi connectivity index (χ1) is 6.74. The molecule has 0 amide bonds. The fourth-order valence-electron chi connectivity index (χ4n) is 1.37. The molecule has 0 aliphatic rings. The minimum Gasteiger partial charge on any atom is -0.318 e. The molecule has 80 valence electrons. The van der Waals surface area contributed by atoms with Crippen LogP contribution in [0.1, 0.15) is 5.69 Å². The van der Waals surface area contributed by atoms with Gasteiger partial charge in [0, 0.05) is 45.0 Å². The number of likely N-dealkylation sites (N-methyl/N-ethyl adjacent to an activating group) is 2. The van der Waals surface area contributed by atoms with E-state index in [2.05, 4.69) is 28.4 Å². The van der Waals surface area contributed by atoms with Gasteiger partial charge in [-0.05, 0) is 20.2 Å².